The van der Waals surface area contributed by atoms with Crippen molar-refractivity contribution < 1.29 is 18.4 Å². The minimum absolute atomic E-state index is 0.0323. The van der Waals surface area contributed by atoms with Gasteiger partial charge in [0.2, 0.25) is 5.91 Å². The second-order valence-electron chi connectivity index (χ2n) is 9.53. The Balaban J connectivity index is 1.07. The van der Waals surface area contributed by atoms with Gasteiger partial charge in [-0.25, -0.2) is 23.4 Å². The van der Waals surface area contributed by atoms with Crippen molar-refractivity contribution in [2.45, 2.75) is 51.2 Å². The number of hydrogen-bond acceptors (Lipinski definition) is 7. The Hall–Kier alpha value is -3.73. The molecule has 196 valence electrons. The molecule has 3 aromatic heterocycles. The van der Waals surface area contributed by atoms with Crippen molar-refractivity contribution in [1.29, 1.82) is 0 Å². The van der Waals surface area contributed by atoms with Gasteiger partial charge in [-0.1, -0.05) is 18.1 Å². The number of aromatic nitrogens is 4. The monoisotopic (exact) mass is 536 g/mol. The molecule has 2 aliphatic rings. The van der Waals surface area contributed by atoms with Gasteiger partial charge in [0.25, 0.3) is 0 Å². The summed E-state index contributed by atoms with van der Waals surface area (Å²) in [5, 5.41) is 12.6. The number of hydrogen-bond donors (Lipinski definition) is 0. The van der Waals surface area contributed by atoms with Gasteiger partial charge in [-0.05, 0) is 43.5 Å². The molecular weight excluding hydrogens is 510 g/mol. The summed E-state index contributed by atoms with van der Waals surface area (Å²) in [5.41, 5.74) is 2.83. The van der Waals surface area contributed by atoms with Crippen LogP contribution in [0.15, 0.2) is 47.1 Å². The Bertz CT molecular complexity index is 1500. The van der Waals surface area contributed by atoms with Crippen LogP contribution in [0.1, 0.15) is 60.2 Å². The van der Waals surface area contributed by atoms with Gasteiger partial charge in [-0.3, -0.25) is 4.79 Å². The van der Waals surface area contributed by atoms with E-state index < -0.39 is 17.7 Å². The number of piperidine rings is 1. The van der Waals surface area contributed by atoms with E-state index in [0.717, 1.165) is 41.0 Å². The van der Waals surface area contributed by atoms with Crippen molar-refractivity contribution in [2.75, 3.05) is 13.1 Å². The molecule has 1 atom stereocenters. The molecule has 1 unspecified atom stereocenters. The number of thiazole rings is 1. The van der Waals surface area contributed by atoms with E-state index in [-0.39, 0.29) is 30.4 Å². The number of rotatable bonds is 6. The van der Waals surface area contributed by atoms with Crippen LogP contribution in [0.4, 0.5) is 8.78 Å². The van der Waals surface area contributed by atoms with E-state index in [2.05, 4.69) is 15.2 Å². The van der Waals surface area contributed by atoms with E-state index in [1.807, 2.05) is 29.3 Å². The molecule has 0 bridgehead atoms. The summed E-state index contributed by atoms with van der Waals surface area (Å²) in [4.78, 5) is 29.5. The van der Waals surface area contributed by atoms with Gasteiger partial charge in [0, 0.05) is 42.4 Å². The van der Waals surface area contributed by atoms with Crippen LogP contribution in [-0.2, 0) is 22.6 Å². The van der Waals surface area contributed by atoms with E-state index in [1.54, 1.807) is 22.2 Å². The van der Waals surface area contributed by atoms with Crippen molar-refractivity contribution in [3.05, 3.63) is 75.5 Å². The SMILES string of the molecule is CCc1nn(CC(=O)N2CCC(c3nc(C4=NOC(c5c(F)cccc5F)C4)cs3)CC2)c2ncccc12. The van der Waals surface area contributed by atoms with Crippen LogP contribution in [0.3, 0.4) is 0 Å². The smallest absolute Gasteiger partial charge is 0.244 e. The third-order valence-electron chi connectivity index (χ3n) is 7.21. The molecule has 1 amide bonds. The summed E-state index contributed by atoms with van der Waals surface area (Å²) < 4.78 is 30.0. The molecule has 6 rings (SSSR count). The minimum Gasteiger partial charge on any atom is -0.387 e. The van der Waals surface area contributed by atoms with Crippen LogP contribution in [-0.4, -0.2) is 49.4 Å². The molecule has 2 aliphatic heterocycles. The number of fused-ring (bicyclic) bond motifs is 1. The van der Waals surface area contributed by atoms with Crippen LogP contribution in [0.25, 0.3) is 11.0 Å². The number of benzene rings is 1. The van der Waals surface area contributed by atoms with Crippen molar-refractivity contribution >= 4 is 34.0 Å². The van der Waals surface area contributed by atoms with Crippen LogP contribution in [0.2, 0.25) is 0 Å². The standard InChI is InChI=1S/C27H26F2N6O2S/c1-2-20-17-5-4-10-30-26(17)35(32-20)14-24(36)34-11-8-16(9-12-34)27-31-22(15-38-27)21-13-23(37-33-21)25-18(28)6-3-7-19(25)29/h3-7,10,15-16,23H,2,8-9,11-14H2,1H3. The first-order valence-electron chi connectivity index (χ1n) is 12.7. The molecule has 5 heterocycles. The fraction of sp³-hybridized carbons (Fsp3) is 0.370. The fourth-order valence-corrected chi connectivity index (χ4v) is 6.16. The van der Waals surface area contributed by atoms with Crippen molar-refractivity contribution in [2.24, 2.45) is 5.16 Å². The van der Waals surface area contributed by atoms with Crippen LogP contribution in [0, 0.1) is 11.6 Å². The van der Waals surface area contributed by atoms with E-state index in [9.17, 15) is 13.6 Å². The van der Waals surface area contributed by atoms with E-state index in [1.165, 1.54) is 18.2 Å². The first kappa shape index (κ1) is 24.6. The molecule has 0 spiro atoms. The zero-order valence-electron chi connectivity index (χ0n) is 20.8. The van der Waals surface area contributed by atoms with Crippen LogP contribution in [0.5, 0.6) is 0 Å². The number of nitrogens with zero attached hydrogens (tertiary/aromatic N) is 6. The van der Waals surface area contributed by atoms with Crippen molar-refractivity contribution in [3.63, 3.8) is 0 Å². The highest BCUT2D eigenvalue weighted by Gasteiger charge is 2.31. The molecule has 0 aliphatic carbocycles. The quantitative estimate of drug-likeness (QED) is 0.346. The Morgan fingerprint density at radius 1 is 1.16 bits per heavy atom. The largest absolute Gasteiger partial charge is 0.387 e. The summed E-state index contributed by atoms with van der Waals surface area (Å²) in [6.45, 7) is 3.50. The maximum absolute atomic E-state index is 14.2. The number of oxime groups is 1. The first-order valence-corrected chi connectivity index (χ1v) is 13.6. The molecule has 8 nitrogen and oxygen atoms in total. The lowest BCUT2D eigenvalue weighted by Gasteiger charge is -2.31. The second kappa shape index (κ2) is 10.2. The second-order valence-corrected chi connectivity index (χ2v) is 10.4. The molecule has 1 fully saturated rings. The predicted octanol–water partition coefficient (Wildman–Crippen LogP) is 5.00. The Labute approximate surface area is 221 Å². The summed E-state index contributed by atoms with van der Waals surface area (Å²) in [6.07, 6.45) is 3.57. The number of carbonyl (C=O) groups is 1. The number of likely N-dealkylation sites (tertiary alicyclic amines) is 1. The number of amides is 1. The lowest BCUT2D eigenvalue weighted by Crippen LogP contribution is -2.40. The van der Waals surface area contributed by atoms with Crippen molar-refractivity contribution in [1.82, 2.24) is 24.6 Å². The minimum atomic E-state index is -0.805. The van der Waals surface area contributed by atoms with Gasteiger partial charge >= 0.3 is 0 Å². The third-order valence-corrected chi connectivity index (χ3v) is 8.22. The van der Waals surface area contributed by atoms with Crippen LogP contribution < -0.4 is 0 Å². The highest BCUT2D eigenvalue weighted by molar-refractivity contribution is 7.10. The zero-order chi connectivity index (χ0) is 26.2. The Morgan fingerprint density at radius 2 is 1.95 bits per heavy atom. The lowest BCUT2D eigenvalue weighted by molar-refractivity contribution is -0.133. The number of carbonyl (C=O) groups excluding carboxylic acids is 1. The Kier molecular flexibility index (Phi) is 6.61. The van der Waals surface area contributed by atoms with Gasteiger partial charge in [-0.15, -0.1) is 11.3 Å². The maximum atomic E-state index is 14.2. The molecule has 38 heavy (non-hydrogen) atoms. The average molecular weight is 537 g/mol. The summed E-state index contributed by atoms with van der Waals surface area (Å²) in [7, 11) is 0. The Morgan fingerprint density at radius 3 is 2.71 bits per heavy atom. The average Bonchev–Trinajstić information content (AvgIpc) is 3.68. The number of pyridine rings is 1. The zero-order valence-corrected chi connectivity index (χ0v) is 21.6. The summed E-state index contributed by atoms with van der Waals surface area (Å²) in [6, 6.07) is 7.64. The molecule has 0 N–H and O–H groups in total. The molecule has 0 radical (unpaired) electrons. The highest BCUT2D eigenvalue weighted by atomic mass is 32.1. The topological polar surface area (TPSA) is 85.5 Å². The number of aryl methyl sites for hydroxylation is 1. The molecule has 11 heteroatoms. The molecule has 0 saturated carbocycles. The number of halogens is 2. The highest BCUT2D eigenvalue weighted by Crippen LogP contribution is 2.35. The van der Waals surface area contributed by atoms with Gasteiger partial charge < -0.3 is 9.74 Å². The summed E-state index contributed by atoms with van der Waals surface area (Å²) in [5.74, 6) is -1.02. The molecular formula is C27H26F2N6O2S. The van der Waals surface area contributed by atoms with Crippen LogP contribution >= 0.6 is 11.3 Å². The first-order chi connectivity index (χ1) is 18.5. The van der Waals surface area contributed by atoms with Gasteiger partial charge in [0.1, 0.15) is 23.9 Å². The molecule has 1 aromatic carbocycles. The van der Waals surface area contributed by atoms with E-state index in [0.29, 0.717) is 24.5 Å². The fourth-order valence-electron chi connectivity index (χ4n) is 5.16. The maximum Gasteiger partial charge on any atom is 0.244 e. The van der Waals surface area contributed by atoms with Gasteiger partial charge in [0.15, 0.2) is 11.8 Å². The van der Waals surface area contributed by atoms with E-state index in [4.69, 9.17) is 9.82 Å². The van der Waals surface area contributed by atoms with Gasteiger partial charge in [0.05, 0.1) is 22.0 Å². The predicted molar refractivity (Wildman–Crippen MR) is 139 cm³/mol. The summed E-state index contributed by atoms with van der Waals surface area (Å²) >= 11 is 1.54. The molecule has 4 aromatic rings. The normalized spacial score (nSPS) is 18.1. The lowest BCUT2D eigenvalue weighted by atomic mass is 9.97. The van der Waals surface area contributed by atoms with Crippen molar-refractivity contribution in [3.8, 4) is 0 Å². The third kappa shape index (κ3) is 4.55. The van der Waals surface area contributed by atoms with E-state index >= 15 is 0 Å². The van der Waals surface area contributed by atoms with Gasteiger partial charge in [-0.2, -0.15) is 5.10 Å². The molecule has 1 saturated heterocycles.